The summed E-state index contributed by atoms with van der Waals surface area (Å²) in [4.78, 5) is 12.1. The fraction of sp³-hybridized carbons (Fsp3) is 0.0769. The van der Waals surface area contributed by atoms with Gasteiger partial charge in [-0.25, -0.2) is 9.97 Å². The van der Waals surface area contributed by atoms with E-state index in [1.807, 2.05) is 13.0 Å². The van der Waals surface area contributed by atoms with Crippen LogP contribution in [-0.4, -0.2) is 25.2 Å². The van der Waals surface area contributed by atoms with Gasteiger partial charge in [-0.05, 0) is 30.7 Å². The minimum Gasteiger partial charge on any atom is -0.507 e. The first-order valence-corrected chi connectivity index (χ1v) is 5.64. The van der Waals surface area contributed by atoms with Crippen molar-refractivity contribution >= 4 is 0 Å². The highest BCUT2D eigenvalue weighted by atomic mass is 16.5. The number of aromatic nitrogens is 4. The minimum atomic E-state index is 0.109. The molecule has 2 heterocycles. The van der Waals surface area contributed by atoms with Gasteiger partial charge in [0.05, 0.1) is 5.56 Å². The quantitative estimate of drug-likeness (QED) is 0.754. The topological polar surface area (TPSA) is 84.9 Å². The lowest BCUT2D eigenvalue weighted by Gasteiger charge is -1.99. The van der Waals surface area contributed by atoms with Crippen LogP contribution in [0.3, 0.4) is 0 Å². The summed E-state index contributed by atoms with van der Waals surface area (Å²) < 4.78 is 5.14. The number of hydrogen-bond acceptors (Lipinski definition) is 6. The summed E-state index contributed by atoms with van der Waals surface area (Å²) in [5, 5.41) is 13.7. The number of rotatable bonds is 2. The van der Waals surface area contributed by atoms with Crippen molar-refractivity contribution in [2.24, 2.45) is 0 Å². The highest BCUT2D eigenvalue weighted by Crippen LogP contribution is 2.29. The molecule has 3 rings (SSSR count). The zero-order valence-corrected chi connectivity index (χ0v) is 10.1. The molecule has 0 atom stereocenters. The maximum Gasteiger partial charge on any atom is 0.262 e. The highest BCUT2D eigenvalue weighted by Gasteiger charge is 2.14. The lowest BCUT2D eigenvalue weighted by Crippen LogP contribution is -1.86. The first kappa shape index (κ1) is 11.3. The molecule has 1 N–H and O–H groups in total. The lowest BCUT2D eigenvalue weighted by atomic mass is 10.1. The number of aryl methyl sites for hydroxylation is 1. The molecule has 6 nitrogen and oxygen atoms in total. The van der Waals surface area contributed by atoms with Gasteiger partial charge in [-0.3, -0.25) is 0 Å². The molecule has 0 aliphatic heterocycles. The lowest BCUT2D eigenvalue weighted by molar-refractivity contribution is 0.425. The molecule has 0 saturated carbocycles. The van der Waals surface area contributed by atoms with Gasteiger partial charge in [0.15, 0.2) is 0 Å². The molecule has 0 spiro atoms. The Labute approximate surface area is 108 Å². The fourth-order valence-electron chi connectivity index (χ4n) is 1.68. The van der Waals surface area contributed by atoms with Gasteiger partial charge < -0.3 is 9.63 Å². The first-order chi connectivity index (χ1) is 9.24. The van der Waals surface area contributed by atoms with Gasteiger partial charge in [0.2, 0.25) is 5.82 Å². The van der Waals surface area contributed by atoms with Crippen molar-refractivity contribution in [2.45, 2.75) is 6.92 Å². The van der Waals surface area contributed by atoms with Crippen molar-refractivity contribution in [2.75, 3.05) is 0 Å². The molecule has 6 heteroatoms. The fourth-order valence-corrected chi connectivity index (χ4v) is 1.68. The monoisotopic (exact) mass is 254 g/mol. The predicted octanol–water partition coefficient (Wildman–Crippen LogP) is 2.21. The third-order valence-electron chi connectivity index (χ3n) is 2.62. The van der Waals surface area contributed by atoms with Crippen molar-refractivity contribution in [1.82, 2.24) is 20.1 Å². The molecule has 0 saturated heterocycles. The van der Waals surface area contributed by atoms with E-state index < -0.39 is 0 Å². The van der Waals surface area contributed by atoms with Crippen LogP contribution in [-0.2, 0) is 0 Å². The van der Waals surface area contributed by atoms with Crippen LogP contribution in [0, 0.1) is 6.92 Å². The van der Waals surface area contributed by atoms with E-state index in [1.165, 1.54) is 6.33 Å². The van der Waals surface area contributed by atoms with Crippen LogP contribution >= 0.6 is 0 Å². The zero-order valence-electron chi connectivity index (χ0n) is 10.1. The van der Waals surface area contributed by atoms with Crippen molar-refractivity contribution in [3.8, 4) is 28.7 Å². The minimum absolute atomic E-state index is 0.109. The van der Waals surface area contributed by atoms with Gasteiger partial charge in [-0.15, -0.1) is 0 Å². The Morgan fingerprint density at radius 3 is 2.84 bits per heavy atom. The summed E-state index contributed by atoms with van der Waals surface area (Å²) >= 11 is 0. The smallest absolute Gasteiger partial charge is 0.262 e. The van der Waals surface area contributed by atoms with Crippen LogP contribution in [0.2, 0.25) is 0 Å². The Hall–Kier alpha value is -2.76. The molecule has 0 aliphatic carbocycles. The molecule has 19 heavy (non-hydrogen) atoms. The van der Waals surface area contributed by atoms with Gasteiger partial charge in [-0.1, -0.05) is 11.2 Å². The molecule has 3 aromatic rings. The second-order valence-electron chi connectivity index (χ2n) is 4.04. The van der Waals surface area contributed by atoms with Crippen molar-refractivity contribution in [1.29, 1.82) is 0 Å². The van der Waals surface area contributed by atoms with Gasteiger partial charge in [0.25, 0.3) is 5.89 Å². The van der Waals surface area contributed by atoms with Gasteiger partial charge in [0.1, 0.15) is 17.8 Å². The summed E-state index contributed by atoms with van der Waals surface area (Å²) in [7, 11) is 0. The maximum atomic E-state index is 9.87. The molecule has 0 amide bonds. The molecule has 94 valence electrons. The van der Waals surface area contributed by atoms with E-state index in [9.17, 15) is 5.11 Å². The standard InChI is InChI=1S/C13H10N4O2/c1-8-2-3-9(11(18)6-8)13-16-12(17-19-13)10-4-5-14-7-15-10/h2-7,18H,1H3. The molecule has 0 unspecified atom stereocenters. The Morgan fingerprint density at radius 2 is 2.11 bits per heavy atom. The van der Waals surface area contributed by atoms with E-state index in [-0.39, 0.29) is 11.6 Å². The van der Waals surface area contributed by atoms with Crippen molar-refractivity contribution in [3.63, 3.8) is 0 Å². The van der Waals surface area contributed by atoms with E-state index >= 15 is 0 Å². The van der Waals surface area contributed by atoms with E-state index in [2.05, 4.69) is 20.1 Å². The molecule has 2 aromatic heterocycles. The normalized spacial score (nSPS) is 10.6. The molecule has 1 aromatic carbocycles. The van der Waals surface area contributed by atoms with Crippen LogP contribution in [0.5, 0.6) is 5.75 Å². The Kier molecular flexibility index (Phi) is 2.68. The third kappa shape index (κ3) is 2.15. The van der Waals surface area contributed by atoms with Crippen LogP contribution < -0.4 is 0 Å². The summed E-state index contributed by atoms with van der Waals surface area (Å²) in [6.45, 7) is 1.89. The Balaban J connectivity index is 2.02. The summed E-state index contributed by atoms with van der Waals surface area (Å²) in [5.41, 5.74) is 2.02. The largest absolute Gasteiger partial charge is 0.507 e. The molecular weight excluding hydrogens is 244 g/mol. The van der Waals surface area contributed by atoms with Crippen LogP contribution in [0.25, 0.3) is 23.0 Å². The molecule has 0 fully saturated rings. The molecule has 0 radical (unpaired) electrons. The SMILES string of the molecule is Cc1ccc(-c2nc(-c3ccncn3)no2)c(O)c1. The van der Waals surface area contributed by atoms with E-state index in [4.69, 9.17) is 4.52 Å². The van der Waals surface area contributed by atoms with E-state index in [1.54, 1.807) is 24.4 Å². The van der Waals surface area contributed by atoms with Crippen LogP contribution in [0.4, 0.5) is 0 Å². The average molecular weight is 254 g/mol. The third-order valence-corrected chi connectivity index (χ3v) is 2.62. The highest BCUT2D eigenvalue weighted by molar-refractivity contribution is 5.64. The molecule has 0 bridgehead atoms. The number of aromatic hydroxyl groups is 1. The summed E-state index contributed by atoms with van der Waals surface area (Å²) in [6.07, 6.45) is 3.01. The number of hydrogen-bond donors (Lipinski definition) is 1. The first-order valence-electron chi connectivity index (χ1n) is 5.64. The van der Waals surface area contributed by atoms with Crippen molar-refractivity contribution < 1.29 is 9.63 Å². The Morgan fingerprint density at radius 1 is 1.21 bits per heavy atom. The number of phenols is 1. The second-order valence-corrected chi connectivity index (χ2v) is 4.04. The number of benzene rings is 1. The second kappa shape index (κ2) is 4.49. The summed E-state index contributed by atoms with van der Waals surface area (Å²) in [5.74, 6) is 0.723. The Bertz CT molecular complexity index is 710. The van der Waals surface area contributed by atoms with Crippen LogP contribution in [0.15, 0.2) is 41.3 Å². The van der Waals surface area contributed by atoms with E-state index in [0.29, 0.717) is 17.1 Å². The number of phenolic OH excluding ortho intramolecular Hbond substituents is 1. The summed E-state index contributed by atoms with van der Waals surface area (Å²) in [6, 6.07) is 6.93. The zero-order chi connectivity index (χ0) is 13.2. The predicted molar refractivity (Wildman–Crippen MR) is 67.2 cm³/mol. The van der Waals surface area contributed by atoms with Gasteiger partial charge in [-0.2, -0.15) is 4.98 Å². The number of nitrogens with zero attached hydrogens (tertiary/aromatic N) is 4. The van der Waals surface area contributed by atoms with E-state index in [0.717, 1.165) is 5.56 Å². The van der Waals surface area contributed by atoms with Crippen LogP contribution in [0.1, 0.15) is 5.56 Å². The average Bonchev–Trinajstić information content (AvgIpc) is 2.89. The van der Waals surface area contributed by atoms with Crippen molar-refractivity contribution in [3.05, 3.63) is 42.4 Å². The molecule has 0 aliphatic rings. The van der Waals surface area contributed by atoms with Gasteiger partial charge in [0, 0.05) is 6.20 Å². The van der Waals surface area contributed by atoms with Gasteiger partial charge >= 0.3 is 0 Å². The molecular formula is C13H10N4O2. The maximum absolute atomic E-state index is 9.87.